The number of hydrogen-bond acceptors (Lipinski definition) is 3. The Morgan fingerprint density at radius 3 is 2.72 bits per heavy atom. The Labute approximate surface area is 148 Å². The van der Waals surface area contributed by atoms with Crippen LogP contribution in [-0.2, 0) is 25.6 Å². The van der Waals surface area contributed by atoms with Crippen LogP contribution < -0.4 is 5.32 Å². The summed E-state index contributed by atoms with van der Waals surface area (Å²) < 4.78 is 1.85. The fraction of sp³-hybridized carbons (Fsp3) is 0.286. The van der Waals surface area contributed by atoms with Crippen LogP contribution >= 0.6 is 0 Å². The maximum atomic E-state index is 11.0. The molecule has 25 heavy (non-hydrogen) atoms. The van der Waals surface area contributed by atoms with Crippen molar-refractivity contribution in [3.63, 3.8) is 0 Å². The minimum absolute atomic E-state index is 0.549. The minimum Gasteiger partial charge on any atom is -0.384 e. The first-order valence-electron chi connectivity index (χ1n) is 8.75. The first-order chi connectivity index (χ1) is 12.2. The molecule has 0 saturated heterocycles. The lowest BCUT2D eigenvalue weighted by Crippen LogP contribution is -2.36. The zero-order valence-electron chi connectivity index (χ0n) is 14.4. The summed E-state index contributed by atoms with van der Waals surface area (Å²) in [7, 11) is 1.94. The Balaban J connectivity index is 1.48. The number of hydrogen-bond donors (Lipinski definition) is 2. The monoisotopic (exact) mass is 333 g/mol. The van der Waals surface area contributed by atoms with Gasteiger partial charge in [0.15, 0.2) is 0 Å². The van der Waals surface area contributed by atoms with Gasteiger partial charge in [0.2, 0.25) is 0 Å². The van der Waals surface area contributed by atoms with Crippen molar-refractivity contribution in [3.8, 4) is 11.3 Å². The summed E-state index contributed by atoms with van der Waals surface area (Å²) in [6.45, 7) is 1.23. The van der Waals surface area contributed by atoms with Gasteiger partial charge in [-0.3, -0.25) is 4.68 Å². The number of aromatic nitrogens is 2. The van der Waals surface area contributed by atoms with E-state index >= 15 is 0 Å². The smallest absolute Gasteiger partial charge is 0.103 e. The van der Waals surface area contributed by atoms with Crippen LogP contribution in [0.2, 0.25) is 0 Å². The van der Waals surface area contributed by atoms with Gasteiger partial charge < -0.3 is 10.4 Å². The third-order valence-electron chi connectivity index (χ3n) is 5.01. The van der Waals surface area contributed by atoms with E-state index in [1.807, 2.05) is 54.3 Å². The molecule has 0 bridgehead atoms. The molecular formula is C21H23N3O. The standard InChI is InChI=1S/C21H23N3O/c1-24-14-18(20(23-24)17-8-3-2-4-9-17)13-22-15-21(25)12-11-16-7-5-6-10-19(16)21/h2-10,14,22,25H,11-13,15H2,1H3. The lowest BCUT2D eigenvalue weighted by atomic mass is 9.96. The molecule has 0 radical (unpaired) electrons. The predicted octanol–water partition coefficient (Wildman–Crippen LogP) is 3.01. The van der Waals surface area contributed by atoms with Crippen molar-refractivity contribution in [2.24, 2.45) is 7.05 Å². The second-order valence-corrected chi connectivity index (χ2v) is 6.83. The van der Waals surface area contributed by atoms with Crippen LogP contribution in [0.25, 0.3) is 11.3 Å². The minimum atomic E-state index is -0.772. The summed E-state index contributed by atoms with van der Waals surface area (Å²) in [5, 5.41) is 19.1. The van der Waals surface area contributed by atoms with Crippen molar-refractivity contribution in [2.45, 2.75) is 25.0 Å². The molecule has 0 amide bonds. The molecule has 0 spiro atoms. The first kappa shape index (κ1) is 16.1. The van der Waals surface area contributed by atoms with Gasteiger partial charge in [-0.2, -0.15) is 5.10 Å². The second-order valence-electron chi connectivity index (χ2n) is 6.83. The van der Waals surface area contributed by atoms with Crippen LogP contribution in [0.5, 0.6) is 0 Å². The molecule has 0 fully saturated rings. The average Bonchev–Trinajstić information content (AvgIpc) is 3.17. The SMILES string of the molecule is Cn1cc(CNCC2(O)CCc3ccccc32)c(-c2ccccc2)n1. The van der Waals surface area contributed by atoms with Crippen molar-refractivity contribution in [2.75, 3.05) is 6.54 Å². The molecule has 0 saturated carbocycles. The lowest BCUT2D eigenvalue weighted by molar-refractivity contribution is 0.0384. The van der Waals surface area contributed by atoms with E-state index in [0.29, 0.717) is 13.1 Å². The fourth-order valence-electron chi connectivity index (χ4n) is 3.76. The Morgan fingerprint density at radius 2 is 1.88 bits per heavy atom. The molecule has 1 aliphatic carbocycles. The van der Waals surface area contributed by atoms with Crippen molar-refractivity contribution in [1.29, 1.82) is 0 Å². The first-order valence-corrected chi connectivity index (χ1v) is 8.75. The van der Waals surface area contributed by atoms with Gasteiger partial charge >= 0.3 is 0 Å². The third kappa shape index (κ3) is 3.11. The van der Waals surface area contributed by atoms with Gasteiger partial charge in [0.1, 0.15) is 5.60 Å². The molecule has 4 heteroatoms. The number of rotatable bonds is 5. The zero-order valence-corrected chi connectivity index (χ0v) is 14.4. The van der Waals surface area contributed by atoms with E-state index in [1.54, 1.807) is 0 Å². The molecule has 1 atom stereocenters. The van der Waals surface area contributed by atoms with Gasteiger partial charge in [0.25, 0.3) is 0 Å². The molecule has 1 heterocycles. The summed E-state index contributed by atoms with van der Waals surface area (Å²) in [6, 6.07) is 18.4. The van der Waals surface area contributed by atoms with Crippen LogP contribution in [0.1, 0.15) is 23.1 Å². The number of aliphatic hydroxyl groups is 1. The Kier molecular flexibility index (Phi) is 4.15. The van der Waals surface area contributed by atoms with Crippen LogP contribution in [0.3, 0.4) is 0 Å². The number of aryl methyl sites for hydroxylation is 2. The quantitative estimate of drug-likeness (QED) is 0.755. The third-order valence-corrected chi connectivity index (χ3v) is 5.01. The van der Waals surface area contributed by atoms with E-state index in [2.05, 4.69) is 28.6 Å². The van der Waals surface area contributed by atoms with E-state index in [4.69, 9.17) is 0 Å². The maximum Gasteiger partial charge on any atom is 0.103 e. The summed E-state index contributed by atoms with van der Waals surface area (Å²) in [5.74, 6) is 0. The summed E-state index contributed by atoms with van der Waals surface area (Å²) in [4.78, 5) is 0. The van der Waals surface area contributed by atoms with Crippen molar-refractivity contribution in [3.05, 3.63) is 77.5 Å². The number of benzene rings is 2. The fourth-order valence-corrected chi connectivity index (χ4v) is 3.76. The van der Waals surface area contributed by atoms with E-state index in [1.165, 1.54) is 5.56 Å². The Morgan fingerprint density at radius 1 is 1.12 bits per heavy atom. The van der Waals surface area contributed by atoms with Gasteiger partial charge in [0, 0.05) is 37.5 Å². The van der Waals surface area contributed by atoms with Crippen LogP contribution in [-0.4, -0.2) is 21.4 Å². The van der Waals surface area contributed by atoms with Gasteiger partial charge in [-0.1, -0.05) is 54.6 Å². The molecular weight excluding hydrogens is 310 g/mol. The van der Waals surface area contributed by atoms with E-state index in [0.717, 1.165) is 35.2 Å². The molecule has 0 aliphatic heterocycles. The maximum absolute atomic E-state index is 11.0. The highest BCUT2D eigenvalue weighted by molar-refractivity contribution is 5.62. The highest BCUT2D eigenvalue weighted by atomic mass is 16.3. The van der Waals surface area contributed by atoms with Crippen LogP contribution in [0.4, 0.5) is 0 Å². The van der Waals surface area contributed by atoms with Gasteiger partial charge in [-0.25, -0.2) is 0 Å². The molecule has 4 nitrogen and oxygen atoms in total. The molecule has 1 aromatic heterocycles. The summed E-state index contributed by atoms with van der Waals surface area (Å²) >= 11 is 0. The molecule has 4 rings (SSSR count). The number of nitrogens with zero attached hydrogens (tertiary/aromatic N) is 2. The van der Waals surface area contributed by atoms with Gasteiger partial charge in [-0.15, -0.1) is 0 Å². The molecule has 3 aromatic rings. The Bertz CT molecular complexity index is 872. The van der Waals surface area contributed by atoms with Crippen LogP contribution in [0.15, 0.2) is 60.8 Å². The van der Waals surface area contributed by atoms with Gasteiger partial charge in [-0.05, 0) is 24.0 Å². The second kappa shape index (κ2) is 6.47. The van der Waals surface area contributed by atoms with Crippen molar-refractivity contribution in [1.82, 2.24) is 15.1 Å². The lowest BCUT2D eigenvalue weighted by Gasteiger charge is -2.24. The highest BCUT2D eigenvalue weighted by Gasteiger charge is 2.35. The number of fused-ring (bicyclic) bond motifs is 1. The summed E-state index contributed by atoms with van der Waals surface area (Å²) in [6.07, 6.45) is 3.76. The van der Waals surface area contributed by atoms with E-state index < -0.39 is 5.60 Å². The van der Waals surface area contributed by atoms with E-state index in [-0.39, 0.29) is 0 Å². The normalized spacial score (nSPS) is 19.1. The summed E-state index contributed by atoms with van der Waals surface area (Å²) in [5.41, 5.74) is 4.81. The van der Waals surface area contributed by atoms with Crippen molar-refractivity contribution < 1.29 is 5.11 Å². The van der Waals surface area contributed by atoms with Crippen molar-refractivity contribution >= 4 is 0 Å². The van der Waals surface area contributed by atoms with E-state index in [9.17, 15) is 5.11 Å². The largest absolute Gasteiger partial charge is 0.384 e. The molecule has 128 valence electrons. The average molecular weight is 333 g/mol. The topological polar surface area (TPSA) is 50.1 Å². The molecule has 2 aromatic carbocycles. The molecule has 1 unspecified atom stereocenters. The molecule has 1 aliphatic rings. The van der Waals surface area contributed by atoms with Gasteiger partial charge in [0.05, 0.1) is 5.69 Å². The number of nitrogens with one attached hydrogen (secondary N) is 1. The predicted molar refractivity (Wildman–Crippen MR) is 99.0 cm³/mol. The molecule has 2 N–H and O–H groups in total. The zero-order chi connectivity index (χ0) is 17.3. The highest BCUT2D eigenvalue weighted by Crippen LogP contribution is 2.36. The van der Waals surface area contributed by atoms with Crippen LogP contribution in [0, 0.1) is 0 Å². The Hall–Kier alpha value is -2.43.